The molecule has 0 fully saturated rings. The van der Waals surface area contributed by atoms with Gasteiger partial charge in [-0.3, -0.25) is 0 Å². The van der Waals surface area contributed by atoms with Crippen molar-refractivity contribution in [1.29, 1.82) is 5.26 Å². The normalized spacial score (nSPS) is 24.6. The number of hydrogen-bond acceptors (Lipinski definition) is 1. The van der Waals surface area contributed by atoms with Crippen LogP contribution in [-0.2, 0) is 0 Å². The zero-order chi connectivity index (χ0) is 11.4. The molecule has 1 aliphatic carbocycles. The molecule has 1 nitrogen and oxygen atoms in total. The minimum absolute atomic E-state index is 0.103. The molecule has 82 valence electrons. The summed E-state index contributed by atoms with van der Waals surface area (Å²) in [5.74, 6) is 0. The van der Waals surface area contributed by atoms with E-state index in [0.717, 1.165) is 19.3 Å². The molecule has 2 rings (SSSR count). The van der Waals surface area contributed by atoms with Crippen molar-refractivity contribution >= 4 is 19.4 Å². The van der Waals surface area contributed by atoms with Crippen LogP contribution < -0.4 is 4.46 Å². The van der Waals surface area contributed by atoms with Crippen LogP contribution in [0.5, 0.6) is 0 Å². The van der Waals surface area contributed by atoms with Gasteiger partial charge >= 0.3 is 103 Å². The van der Waals surface area contributed by atoms with Crippen molar-refractivity contribution in [1.82, 2.24) is 0 Å². The predicted octanol–water partition coefficient (Wildman–Crippen LogP) is 2.83. The average Bonchev–Trinajstić information content (AvgIpc) is 2.34. The predicted molar refractivity (Wildman–Crippen MR) is 67.7 cm³/mol. The van der Waals surface area contributed by atoms with Crippen LogP contribution in [-0.4, -0.2) is 15.0 Å². The Balaban J connectivity index is 2.16. The Morgan fingerprint density at radius 2 is 2.06 bits per heavy atom. The fourth-order valence-electron chi connectivity index (χ4n) is 1.87. The number of nitriles is 1. The first-order chi connectivity index (χ1) is 7.74. The van der Waals surface area contributed by atoms with E-state index in [-0.39, 0.29) is 19.3 Å². The van der Waals surface area contributed by atoms with Gasteiger partial charge in [-0.05, 0) is 0 Å². The van der Waals surface area contributed by atoms with E-state index in [1.165, 1.54) is 10.0 Å². The van der Waals surface area contributed by atoms with Crippen LogP contribution >= 0.6 is 0 Å². The van der Waals surface area contributed by atoms with Crippen LogP contribution in [0.25, 0.3) is 0 Å². The van der Waals surface area contributed by atoms with Gasteiger partial charge in [0.15, 0.2) is 0 Å². The van der Waals surface area contributed by atoms with Crippen LogP contribution in [0.4, 0.5) is 0 Å². The molecule has 1 atom stereocenters. The summed E-state index contributed by atoms with van der Waals surface area (Å²) in [5, 5.41) is 9.43. The van der Waals surface area contributed by atoms with E-state index >= 15 is 0 Å². The number of benzene rings is 1. The second-order valence-electron chi connectivity index (χ2n) is 4.28. The third-order valence-corrected chi connectivity index (χ3v) is 5.82. The van der Waals surface area contributed by atoms with Crippen LogP contribution in [0.15, 0.2) is 42.0 Å². The van der Waals surface area contributed by atoms with Crippen molar-refractivity contribution in [3.05, 3.63) is 42.0 Å². The van der Waals surface area contributed by atoms with Gasteiger partial charge in [0.05, 0.1) is 0 Å². The maximum absolute atomic E-state index is 9.43. The maximum atomic E-state index is 9.43. The minimum atomic E-state index is -0.103. The zero-order valence-electron chi connectivity index (χ0n) is 9.44. The Morgan fingerprint density at radius 3 is 2.62 bits per heavy atom. The first kappa shape index (κ1) is 11.5. The van der Waals surface area contributed by atoms with Gasteiger partial charge in [-0.25, -0.2) is 0 Å². The van der Waals surface area contributed by atoms with Crippen LogP contribution in [0.2, 0.25) is 4.31 Å². The van der Waals surface area contributed by atoms with Crippen molar-refractivity contribution in [3.63, 3.8) is 0 Å². The Kier molecular flexibility index (Phi) is 3.49. The topological polar surface area (TPSA) is 23.8 Å². The summed E-state index contributed by atoms with van der Waals surface area (Å²) in [6.07, 6.45) is 5.30. The van der Waals surface area contributed by atoms with Gasteiger partial charge in [0.1, 0.15) is 0 Å². The molecule has 0 amide bonds. The summed E-state index contributed by atoms with van der Waals surface area (Å²) >= 11 is 0.264. The van der Waals surface area contributed by atoms with Crippen molar-refractivity contribution in [2.24, 2.45) is 0 Å². The average molecular weight is 276 g/mol. The van der Waals surface area contributed by atoms with Crippen molar-refractivity contribution in [2.75, 3.05) is 0 Å². The van der Waals surface area contributed by atoms with Crippen molar-refractivity contribution in [3.8, 4) is 6.07 Å². The first-order valence-electron chi connectivity index (χ1n) is 5.55. The van der Waals surface area contributed by atoms with Crippen LogP contribution in [0.3, 0.4) is 0 Å². The van der Waals surface area contributed by atoms with Crippen LogP contribution in [0.1, 0.15) is 26.2 Å². The molecule has 0 aromatic heterocycles. The van der Waals surface area contributed by atoms with Gasteiger partial charge in [-0.2, -0.15) is 0 Å². The van der Waals surface area contributed by atoms with E-state index < -0.39 is 0 Å². The quantitative estimate of drug-likeness (QED) is 0.602. The van der Waals surface area contributed by atoms with Crippen molar-refractivity contribution < 1.29 is 0 Å². The second-order valence-corrected chi connectivity index (χ2v) is 7.33. The summed E-state index contributed by atoms with van der Waals surface area (Å²) in [4.78, 5) is 0. The van der Waals surface area contributed by atoms with Gasteiger partial charge in [0.25, 0.3) is 0 Å². The van der Waals surface area contributed by atoms with E-state index in [4.69, 9.17) is 0 Å². The monoisotopic (exact) mass is 277 g/mol. The third kappa shape index (κ3) is 2.55. The molecule has 1 aliphatic rings. The molecule has 0 saturated heterocycles. The first-order valence-corrected chi connectivity index (χ1v) is 7.26. The number of rotatable bonds is 2. The van der Waals surface area contributed by atoms with Gasteiger partial charge in [-0.1, -0.05) is 0 Å². The molecule has 0 radical (unpaired) electrons. The van der Waals surface area contributed by atoms with E-state index in [2.05, 4.69) is 43.3 Å². The fourth-order valence-corrected chi connectivity index (χ4v) is 4.31. The Morgan fingerprint density at radius 1 is 1.31 bits per heavy atom. The molecule has 16 heavy (non-hydrogen) atoms. The molecule has 0 N–H and O–H groups in total. The summed E-state index contributed by atoms with van der Waals surface area (Å²) < 4.78 is 1.23. The molecule has 0 bridgehead atoms. The molecule has 1 unspecified atom stereocenters. The molecule has 0 saturated carbocycles. The molecule has 0 heterocycles. The number of hydrogen-bond donors (Lipinski definition) is 0. The number of nitrogens with zero attached hydrogens (tertiary/aromatic N) is 1. The van der Waals surface area contributed by atoms with Gasteiger partial charge in [0.2, 0.25) is 0 Å². The standard InChI is InChI=1S/C14H15NSe/c1-12-7-9-14(11-15,10-8-12)16-13-5-3-2-4-6-13/h2-7H,8-10H2,1H3. The second kappa shape index (κ2) is 4.87. The van der Waals surface area contributed by atoms with E-state index in [1.807, 2.05) is 6.07 Å². The van der Waals surface area contributed by atoms with E-state index in [0.29, 0.717) is 0 Å². The Hall–Kier alpha value is -1.03. The Labute approximate surface area is 103 Å². The van der Waals surface area contributed by atoms with Gasteiger partial charge in [-0.15, -0.1) is 0 Å². The summed E-state index contributed by atoms with van der Waals surface area (Å²) in [6, 6.07) is 13.0. The molecule has 2 heteroatoms. The third-order valence-electron chi connectivity index (χ3n) is 2.96. The molecular weight excluding hydrogens is 261 g/mol. The fraction of sp³-hybridized carbons (Fsp3) is 0.357. The van der Waals surface area contributed by atoms with E-state index in [9.17, 15) is 5.26 Å². The van der Waals surface area contributed by atoms with Crippen molar-refractivity contribution in [2.45, 2.75) is 30.5 Å². The number of allylic oxidation sites excluding steroid dienone is 2. The van der Waals surface area contributed by atoms with E-state index in [1.54, 1.807) is 0 Å². The van der Waals surface area contributed by atoms with Crippen LogP contribution in [0, 0.1) is 11.3 Å². The van der Waals surface area contributed by atoms with Gasteiger partial charge in [0, 0.05) is 0 Å². The SMILES string of the molecule is CC1=CCC(C#N)([Se]c2ccccc2)CC1. The molecular formula is C14H15NSe. The molecule has 1 aromatic rings. The molecule has 0 spiro atoms. The Bertz CT molecular complexity index is 430. The summed E-state index contributed by atoms with van der Waals surface area (Å²) in [7, 11) is 0. The summed E-state index contributed by atoms with van der Waals surface area (Å²) in [6.45, 7) is 2.16. The zero-order valence-corrected chi connectivity index (χ0v) is 11.2. The summed E-state index contributed by atoms with van der Waals surface area (Å²) in [5.41, 5.74) is 1.44. The van der Waals surface area contributed by atoms with Gasteiger partial charge < -0.3 is 0 Å². The molecule has 1 aromatic carbocycles. The molecule has 0 aliphatic heterocycles.